The lowest BCUT2D eigenvalue weighted by Crippen LogP contribution is -1.88. The summed E-state index contributed by atoms with van der Waals surface area (Å²) >= 11 is 6.14. The molecule has 0 unspecified atom stereocenters. The monoisotopic (exact) mass is 283 g/mol. The van der Waals surface area contributed by atoms with Gasteiger partial charge in [-0.3, -0.25) is 10.1 Å². The number of aryl methyl sites for hydroxylation is 1. The second-order valence-electron chi connectivity index (χ2n) is 4.79. The van der Waals surface area contributed by atoms with Crippen molar-refractivity contribution in [2.24, 2.45) is 0 Å². The highest BCUT2D eigenvalue weighted by Gasteiger charge is 2.07. The van der Waals surface area contributed by atoms with Crippen molar-refractivity contribution in [3.05, 3.63) is 70.6 Å². The fraction of sp³-hybridized carbons (Fsp3) is 0.125. The molecule has 3 rings (SSSR count). The van der Waals surface area contributed by atoms with Gasteiger partial charge in [0, 0.05) is 24.4 Å². The number of hydrogen-bond acceptors (Lipinski definition) is 2. The molecule has 20 heavy (non-hydrogen) atoms. The Kier molecular flexibility index (Phi) is 3.52. The maximum absolute atomic E-state index is 6.14. The zero-order valence-corrected chi connectivity index (χ0v) is 11.9. The molecule has 0 saturated carbocycles. The van der Waals surface area contributed by atoms with Crippen LogP contribution in [0.1, 0.15) is 16.8 Å². The number of aromatic nitrogens is 3. The Morgan fingerprint density at radius 3 is 2.70 bits per heavy atom. The highest BCUT2D eigenvalue weighted by molar-refractivity contribution is 6.33. The highest BCUT2D eigenvalue weighted by Crippen LogP contribution is 2.25. The normalized spacial score (nSPS) is 10.7. The minimum absolute atomic E-state index is 0.623. The molecular formula is C16H14ClN3. The largest absolute Gasteiger partial charge is 0.278 e. The second-order valence-corrected chi connectivity index (χ2v) is 5.20. The topological polar surface area (TPSA) is 41.6 Å². The Morgan fingerprint density at radius 1 is 1.15 bits per heavy atom. The number of nitrogens with zero attached hydrogens (tertiary/aromatic N) is 2. The van der Waals surface area contributed by atoms with E-state index in [1.165, 1.54) is 11.1 Å². The van der Waals surface area contributed by atoms with Crippen LogP contribution in [0.5, 0.6) is 0 Å². The average Bonchev–Trinajstić information content (AvgIpc) is 2.90. The third-order valence-corrected chi connectivity index (χ3v) is 3.50. The van der Waals surface area contributed by atoms with Crippen molar-refractivity contribution in [1.29, 1.82) is 0 Å². The molecule has 1 N–H and O–H groups in total. The molecule has 3 aromatic rings. The molecule has 0 radical (unpaired) electrons. The minimum Gasteiger partial charge on any atom is -0.278 e. The van der Waals surface area contributed by atoms with E-state index in [0.29, 0.717) is 5.02 Å². The Morgan fingerprint density at radius 2 is 1.95 bits per heavy atom. The predicted octanol–water partition coefficient (Wildman–Crippen LogP) is 4.02. The molecule has 1 aromatic carbocycles. The maximum Gasteiger partial charge on any atom is 0.0683 e. The Labute approximate surface area is 122 Å². The summed E-state index contributed by atoms with van der Waals surface area (Å²) in [5, 5.41) is 8.00. The standard InChI is InChI=1S/C16H14ClN3/c1-11-2-4-12(5-3-11)8-13-9-16(20-19-13)14-6-7-18-10-15(14)17/h2-7,9-10H,8H2,1H3,(H,19,20). The van der Waals surface area contributed by atoms with Gasteiger partial charge in [-0.05, 0) is 24.6 Å². The molecular weight excluding hydrogens is 270 g/mol. The van der Waals surface area contributed by atoms with E-state index in [2.05, 4.69) is 46.4 Å². The van der Waals surface area contributed by atoms with Crippen molar-refractivity contribution in [3.63, 3.8) is 0 Å². The molecule has 2 aromatic heterocycles. The van der Waals surface area contributed by atoms with Crippen LogP contribution in [0.25, 0.3) is 11.3 Å². The van der Waals surface area contributed by atoms with E-state index in [1.54, 1.807) is 12.4 Å². The van der Waals surface area contributed by atoms with E-state index in [1.807, 2.05) is 12.1 Å². The van der Waals surface area contributed by atoms with E-state index < -0.39 is 0 Å². The number of nitrogens with one attached hydrogen (secondary N) is 1. The van der Waals surface area contributed by atoms with Gasteiger partial charge in [0.2, 0.25) is 0 Å². The third kappa shape index (κ3) is 2.73. The van der Waals surface area contributed by atoms with Crippen LogP contribution in [-0.4, -0.2) is 15.2 Å². The lowest BCUT2D eigenvalue weighted by Gasteiger charge is -1.99. The number of halogens is 1. The quantitative estimate of drug-likeness (QED) is 0.789. The molecule has 0 spiro atoms. The van der Waals surface area contributed by atoms with Gasteiger partial charge in [0.15, 0.2) is 0 Å². The number of rotatable bonds is 3. The van der Waals surface area contributed by atoms with Crippen molar-refractivity contribution in [2.45, 2.75) is 13.3 Å². The van der Waals surface area contributed by atoms with Crippen molar-refractivity contribution in [1.82, 2.24) is 15.2 Å². The number of benzene rings is 1. The first kappa shape index (κ1) is 12.9. The molecule has 0 aliphatic rings. The van der Waals surface area contributed by atoms with Crippen molar-refractivity contribution in [2.75, 3.05) is 0 Å². The van der Waals surface area contributed by atoms with Crippen LogP contribution in [0.4, 0.5) is 0 Å². The predicted molar refractivity (Wildman–Crippen MR) is 80.8 cm³/mol. The second kappa shape index (κ2) is 5.47. The first-order chi connectivity index (χ1) is 9.72. The third-order valence-electron chi connectivity index (χ3n) is 3.20. The summed E-state index contributed by atoms with van der Waals surface area (Å²) in [5.74, 6) is 0. The van der Waals surface area contributed by atoms with Crippen LogP contribution >= 0.6 is 11.6 Å². The molecule has 0 fully saturated rings. The molecule has 3 nitrogen and oxygen atoms in total. The van der Waals surface area contributed by atoms with Gasteiger partial charge in [-0.1, -0.05) is 41.4 Å². The summed E-state index contributed by atoms with van der Waals surface area (Å²) in [4.78, 5) is 3.99. The zero-order chi connectivity index (χ0) is 13.9. The number of hydrogen-bond donors (Lipinski definition) is 1. The maximum atomic E-state index is 6.14. The smallest absolute Gasteiger partial charge is 0.0683 e. The molecule has 0 aliphatic heterocycles. The van der Waals surface area contributed by atoms with Gasteiger partial charge in [0.25, 0.3) is 0 Å². The van der Waals surface area contributed by atoms with Crippen LogP contribution in [0.15, 0.2) is 48.8 Å². The van der Waals surface area contributed by atoms with E-state index >= 15 is 0 Å². The molecule has 0 saturated heterocycles. The summed E-state index contributed by atoms with van der Waals surface area (Å²) in [6, 6.07) is 12.4. The fourth-order valence-corrected chi connectivity index (χ4v) is 2.32. The molecule has 0 amide bonds. The molecule has 4 heteroatoms. The van der Waals surface area contributed by atoms with Gasteiger partial charge in [-0.25, -0.2) is 0 Å². The summed E-state index contributed by atoms with van der Waals surface area (Å²) < 4.78 is 0. The first-order valence-corrected chi connectivity index (χ1v) is 6.80. The van der Waals surface area contributed by atoms with E-state index in [0.717, 1.165) is 23.4 Å². The van der Waals surface area contributed by atoms with Crippen molar-refractivity contribution in [3.8, 4) is 11.3 Å². The van der Waals surface area contributed by atoms with Crippen LogP contribution < -0.4 is 0 Å². The molecule has 0 atom stereocenters. The summed E-state index contributed by atoms with van der Waals surface area (Å²) in [5.41, 5.74) is 5.34. The lowest BCUT2D eigenvalue weighted by molar-refractivity contribution is 0.998. The number of aromatic amines is 1. The fourth-order valence-electron chi connectivity index (χ4n) is 2.10. The first-order valence-electron chi connectivity index (χ1n) is 6.42. The van der Waals surface area contributed by atoms with Gasteiger partial charge >= 0.3 is 0 Å². The molecule has 0 bridgehead atoms. The minimum atomic E-state index is 0.623. The van der Waals surface area contributed by atoms with Gasteiger partial charge < -0.3 is 0 Å². The van der Waals surface area contributed by atoms with Gasteiger partial charge in [0.05, 0.1) is 16.4 Å². The lowest BCUT2D eigenvalue weighted by atomic mass is 10.1. The summed E-state index contributed by atoms with van der Waals surface area (Å²) in [6.07, 6.45) is 4.17. The van der Waals surface area contributed by atoms with E-state index in [4.69, 9.17) is 11.6 Å². The Bertz CT molecular complexity index is 717. The van der Waals surface area contributed by atoms with E-state index in [9.17, 15) is 0 Å². The number of pyridine rings is 1. The molecule has 0 aliphatic carbocycles. The van der Waals surface area contributed by atoms with Crippen molar-refractivity contribution >= 4 is 11.6 Å². The highest BCUT2D eigenvalue weighted by atomic mass is 35.5. The van der Waals surface area contributed by atoms with Crippen LogP contribution in [0.3, 0.4) is 0 Å². The Hall–Kier alpha value is -2.13. The van der Waals surface area contributed by atoms with Crippen LogP contribution in [0.2, 0.25) is 5.02 Å². The summed E-state index contributed by atoms with van der Waals surface area (Å²) in [7, 11) is 0. The Balaban J connectivity index is 1.84. The van der Waals surface area contributed by atoms with Crippen LogP contribution in [0, 0.1) is 6.92 Å². The summed E-state index contributed by atoms with van der Waals surface area (Å²) in [6.45, 7) is 2.09. The van der Waals surface area contributed by atoms with Gasteiger partial charge in [-0.15, -0.1) is 0 Å². The van der Waals surface area contributed by atoms with E-state index in [-0.39, 0.29) is 0 Å². The zero-order valence-electron chi connectivity index (χ0n) is 11.1. The van der Waals surface area contributed by atoms with Crippen molar-refractivity contribution < 1.29 is 0 Å². The van der Waals surface area contributed by atoms with Crippen LogP contribution in [-0.2, 0) is 6.42 Å². The average molecular weight is 284 g/mol. The molecule has 2 heterocycles. The van der Waals surface area contributed by atoms with Gasteiger partial charge in [-0.2, -0.15) is 5.10 Å². The SMILES string of the molecule is Cc1ccc(Cc2cc(-c3ccncc3Cl)[nH]n2)cc1. The van der Waals surface area contributed by atoms with Gasteiger partial charge in [0.1, 0.15) is 0 Å². The molecule has 100 valence electrons. The number of H-pyrrole nitrogens is 1.